The van der Waals surface area contributed by atoms with E-state index in [1.807, 2.05) is 24.3 Å². The Hall–Kier alpha value is -3.41. The molecule has 0 spiro atoms. The molecule has 1 amide bonds. The Morgan fingerprint density at radius 2 is 1.74 bits per heavy atom. The number of nitrogens with zero attached hydrogens (tertiary/aromatic N) is 4. The molecule has 4 heterocycles. The Morgan fingerprint density at radius 3 is 2.53 bits per heavy atom. The van der Waals surface area contributed by atoms with Gasteiger partial charge in [-0.15, -0.1) is 0 Å². The molecular weight excluding hydrogens is 572 g/mol. The third-order valence-electron chi connectivity index (χ3n) is 8.73. The van der Waals surface area contributed by atoms with Gasteiger partial charge in [0.25, 0.3) is 0 Å². The number of pyridine rings is 1. The molecule has 1 aromatic heterocycles. The van der Waals surface area contributed by atoms with Crippen molar-refractivity contribution in [2.75, 3.05) is 55.2 Å². The molecule has 0 bridgehead atoms. The summed E-state index contributed by atoms with van der Waals surface area (Å²) in [7, 11) is -3.29. The van der Waals surface area contributed by atoms with Gasteiger partial charge in [0.05, 0.1) is 30.3 Å². The summed E-state index contributed by atoms with van der Waals surface area (Å²) in [4.78, 5) is 23.5. The van der Waals surface area contributed by atoms with Gasteiger partial charge in [-0.05, 0) is 80.7 Å². The predicted octanol–water partition coefficient (Wildman–Crippen LogP) is 4.46. The lowest BCUT2D eigenvalue weighted by Crippen LogP contribution is -2.41. The van der Waals surface area contributed by atoms with Crippen LogP contribution in [0.15, 0.2) is 54.7 Å². The molecule has 0 radical (unpaired) electrons. The molecule has 0 saturated carbocycles. The number of carbonyl (C=O) groups is 1. The Bertz CT molecular complexity index is 1580. The molecule has 2 aromatic carbocycles. The van der Waals surface area contributed by atoms with Crippen LogP contribution in [-0.4, -0.2) is 80.2 Å². The number of aromatic nitrogens is 1. The highest BCUT2D eigenvalue weighted by molar-refractivity contribution is 7.90. The molecule has 3 aliphatic heterocycles. The third-order valence-corrected chi connectivity index (χ3v) is 10.3. The summed E-state index contributed by atoms with van der Waals surface area (Å²) in [5.74, 6) is -0.859. The number of sulfone groups is 1. The lowest BCUT2D eigenvalue weighted by Gasteiger charge is -2.30. The zero-order valence-corrected chi connectivity index (χ0v) is 25.0. The molecule has 6 rings (SSSR count). The van der Waals surface area contributed by atoms with E-state index in [-0.39, 0.29) is 36.1 Å². The zero-order valence-electron chi connectivity index (χ0n) is 24.1. The van der Waals surface area contributed by atoms with Gasteiger partial charge in [-0.2, -0.15) is 0 Å². The van der Waals surface area contributed by atoms with Crippen molar-refractivity contribution >= 4 is 27.2 Å². The van der Waals surface area contributed by atoms with E-state index in [0.717, 1.165) is 62.8 Å². The fourth-order valence-corrected chi connectivity index (χ4v) is 7.74. The summed E-state index contributed by atoms with van der Waals surface area (Å²) in [6.45, 7) is 4.76. The van der Waals surface area contributed by atoms with Crippen LogP contribution in [0.2, 0.25) is 0 Å². The van der Waals surface area contributed by atoms with E-state index in [1.54, 1.807) is 12.3 Å². The molecule has 0 aliphatic carbocycles. The van der Waals surface area contributed by atoms with E-state index in [0.29, 0.717) is 35.2 Å². The van der Waals surface area contributed by atoms with Gasteiger partial charge in [0.15, 0.2) is 15.7 Å². The normalized spacial score (nSPS) is 19.5. The first-order chi connectivity index (χ1) is 20.7. The minimum Gasteiger partial charge on any atom is -0.359 e. The summed E-state index contributed by atoms with van der Waals surface area (Å²) in [5, 5.41) is 2.98. The van der Waals surface area contributed by atoms with E-state index >= 15 is 0 Å². The lowest BCUT2D eigenvalue weighted by atomic mass is 10.0. The number of hydrogen-bond donors (Lipinski definition) is 1. The maximum Gasteiger partial charge on any atom is 0.246 e. The first-order valence-corrected chi connectivity index (χ1v) is 16.8. The van der Waals surface area contributed by atoms with Gasteiger partial charge in [-0.3, -0.25) is 9.69 Å². The lowest BCUT2D eigenvalue weighted by molar-refractivity contribution is -0.117. The van der Waals surface area contributed by atoms with Crippen molar-refractivity contribution in [1.82, 2.24) is 14.8 Å². The SMILES string of the molecule is O=C1CNc2ncc(-c3ccc(CS(=O)(=O)CCN4CCC[C@H]4CN4CCCC4)cc3)cc2N1Cc1cc(F)ccc1F. The molecule has 3 aromatic rings. The van der Waals surface area contributed by atoms with E-state index in [9.17, 15) is 22.0 Å². The van der Waals surface area contributed by atoms with Crippen molar-refractivity contribution in [3.8, 4) is 11.1 Å². The molecule has 0 unspecified atom stereocenters. The van der Waals surface area contributed by atoms with E-state index in [1.165, 1.54) is 17.7 Å². The smallest absolute Gasteiger partial charge is 0.246 e. The minimum atomic E-state index is -3.29. The van der Waals surface area contributed by atoms with Crippen molar-refractivity contribution in [3.63, 3.8) is 0 Å². The van der Waals surface area contributed by atoms with Gasteiger partial charge in [0, 0.05) is 36.5 Å². The first kappa shape index (κ1) is 29.7. The number of nitrogens with one attached hydrogen (secondary N) is 1. The standard InChI is InChI=1S/C32H37F2N5O3S/c33-27-9-10-29(34)26(16-27)20-39-30-17-25(18-35-32(30)36-19-31(39)40)24-7-5-23(6-8-24)22-43(41,42)15-14-38-13-3-4-28(38)21-37-11-1-2-12-37/h5-10,16-18,28H,1-4,11-15,19-22H2,(H,35,36)/t28-/m0/s1. The first-order valence-electron chi connectivity index (χ1n) is 15.0. The second-order valence-electron chi connectivity index (χ2n) is 11.8. The molecule has 1 atom stereocenters. The highest BCUT2D eigenvalue weighted by atomic mass is 32.2. The zero-order chi connectivity index (χ0) is 30.0. The average Bonchev–Trinajstić information content (AvgIpc) is 3.68. The summed E-state index contributed by atoms with van der Waals surface area (Å²) in [6.07, 6.45) is 6.45. The van der Waals surface area contributed by atoms with Gasteiger partial charge in [0.2, 0.25) is 5.91 Å². The number of amides is 1. The van der Waals surface area contributed by atoms with Crippen LogP contribution in [0.5, 0.6) is 0 Å². The molecule has 3 aliphatic rings. The summed E-state index contributed by atoms with van der Waals surface area (Å²) in [6, 6.07) is 12.7. The van der Waals surface area contributed by atoms with Crippen molar-refractivity contribution in [1.29, 1.82) is 0 Å². The second-order valence-corrected chi connectivity index (χ2v) is 14.0. The van der Waals surface area contributed by atoms with Crippen LogP contribution in [0.1, 0.15) is 36.8 Å². The van der Waals surface area contributed by atoms with E-state index < -0.39 is 21.5 Å². The fraction of sp³-hybridized carbons (Fsp3) is 0.438. The Morgan fingerprint density at radius 1 is 0.953 bits per heavy atom. The number of anilines is 2. The van der Waals surface area contributed by atoms with E-state index in [4.69, 9.17) is 0 Å². The molecule has 2 fully saturated rings. The number of hydrogen-bond acceptors (Lipinski definition) is 7. The van der Waals surface area contributed by atoms with Crippen LogP contribution in [0.4, 0.5) is 20.3 Å². The van der Waals surface area contributed by atoms with Crippen LogP contribution in [0.3, 0.4) is 0 Å². The van der Waals surface area contributed by atoms with Gasteiger partial charge in [-0.1, -0.05) is 24.3 Å². The van der Waals surface area contributed by atoms with Gasteiger partial charge < -0.3 is 15.1 Å². The largest absolute Gasteiger partial charge is 0.359 e. The van der Waals surface area contributed by atoms with Crippen LogP contribution < -0.4 is 10.2 Å². The Balaban J connectivity index is 1.11. The highest BCUT2D eigenvalue weighted by Crippen LogP contribution is 2.34. The van der Waals surface area contributed by atoms with Crippen LogP contribution in [0, 0.1) is 11.6 Å². The van der Waals surface area contributed by atoms with Gasteiger partial charge in [-0.25, -0.2) is 22.2 Å². The van der Waals surface area contributed by atoms with Crippen molar-refractivity contribution < 1.29 is 22.0 Å². The van der Waals surface area contributed by atoms with Crippen molar-refractivity contribution in [2.45, 2.75) is 44.0 Å². The topological polar surface area (TPSA) is 85.8 Å². The minimum absolute atomic E-state index is 0.00366. The molecule has 11 heteroatoms. The van der Waals surface area contributed by atoms with Crippen LogP contribution >= 0.6 is 0 Å². The highest BCUT2D eigenvalue weighted by Gasteiger charge is 2.29. The number of halogens is 2. The quantitative estimate of drug-likeness (QED) is 0.363. The van der Waals surface area contributed by atoms with Crippen molar-refractivity contribution in [3.05, 3.63) is 77.5 Å². The number of fused-ring (bicyclic) bond motifs is 1. The molecule has 228 valence electrons. The summed E-state index contributed by atoms with van der Waals surface area (Å²) < 4.78 is 54.2. The summed E-state index contributed by atoms with van der Waals surface area (Å²) >= 11 is 0. The Labute approximate surface area is 251 Å². The van der Waals surface area contributed by atoms with Crippen molar-refractivity contribution in [2.24, 2.45) is 0 Å². The number of likely N-dealkylation sites (tertiary alicyclic amines) is 2. The maximum absolute atomic E-state index is 14.4. The monoisotopic (exact) mass is 609 g/mol. The third kappa shape index (κ3) is 7.05. The van der Waals surface area contributed by atoms with Crippen LogP contribution in [-0.2, 0) is 26.9 Å². The average molecular weight is 610 g/mol. The number of rotatable bonds is 10. The van der Waals surface area contributed by atoms with Gasteiger partial charge in [0.1, 0.15) is 11.6 Å². The van der Waals surface area contributed by atoms with E-state index in [2.05, 4.69) is 20.1 Å². The van der Waals surface area contributed by atoms with Gasteiger partial charge >= 0.3 is 0 Å². The second kappa shape index (κ2) is 12.7. The molecule has 43 heavy (non-hydrogen) atoms. The molecule has 1 N–H and O–H groups in total. The Kier molecular flexibility index (Phi) is 8.74. The molecule has 8 nitrogen and oxygen atoms in total. The molecular formula is C32H37F2N5O3S. The number of benzene rings is 2. The predicted molar refractivity (Wildman–Crippen MR) is 163 cm³/mol. The van der Waals surface area contributed by atoms with Crippen LogP contribution in [0.25, 0.3) is 11.1 Å². The fourth-order valence-electron chi connectivity index (χ4n) is 6.39. The molecule has 2 saturated heterocycles. The number of carbonyl (C=O) groups excluding carboxylic acids is 1. The summed E-state index contributed by atoms with van der Waals surface area (Å²) in [5.41, 5.74) is 2.77. The maximum atomic E-state index is 14.4.